The van der Waals surface area contributed by atoms with Crippen LogP contribution in [0.1, 0.15) is 11.5 Å². The van der Waals surface area contributed by atoms with Gasteiger partial charge in [-0.25, -0.2) is 4.98 Å². The van der Waals surface area contributed by atoms with Crippen LogP contribution in [0.3, 0.4) is 0 Å². The molecule has 0 saturated heterocycles. The SMILES string of the molecule is Cn1nccc1Cn1c(CCl)nc2ccccc2c1=O. The number of hydrogen-bond donors (Lipinski definition) is 0. The topological polar surface area (TPSA) is 52.7 Å². The first-order chi connectivity index (χ1) is 9.70. The third kappa shape index (κ3) is 2.10. The van der Waals surface area contributed by atoms with Crippen LogP contribution in [-0.2, 0) is 19.5 Å². The fraction of sp³-hybridized carbons (Fsp3) is 0.214. The molecule has 0 unspecified atom stereocenters. The maximum absolute atomic E-state index is 12.6. The first-order valence-corrected chi connectivity index (χ1v) is 6.75. The Hall–Kier alpha value is -2.14. The molecule has 0 saturated carbocycles. The lowest BCUT2D eigenvalue weighted by atomic mass is 10.2. The second-order valence-corrected chi connectivity index (χ2v) is 4.78. The van der Waals surface area contributed by atoms with Gasteiger partial charge in [-0.3, -0.25) is 14.0 Å². The van der Waals surface area contributed by atoms with Crippen molar-refractivity contribution in [3.05, 3.63) is 58.4 Å². The highest BCUT2D eigenvalue weighted by Gasteiger charge is 2.11. The van der Waals surface area contributed by atoms with Gasteiger partial charge in [0.1, 0.15) is 5.82 Å². The highest BCUT2D eigenvalue weighted by atomic mass is 35.5. The molecule has 0 N–H and O–H groups in total. The van der Waals surface area contributed by atoms with Crippen molar-refractivity contribution in [3.8, 4) is 0 Å². The average Bonchev–Trinajstić information content (AvgIpc) is 2.87. The molecule has 0 aliphatic carbocycles. The monoisotopic (exact) mass is 288 g/mol. The van der Waals surface area contributed by atoms with Crippen molar-refractivity contribution >= 4 is 22.5 Å². The van der Waals surface area contributed by atoms with E-state index in [1.807, 2.05) is 31.3 Å². The van der Waals surface area contributed by atoms with Gasteiger partial charge in [0.15, 0.2) is 0 Å². The number of halogens is 1. The quantitative estimate of drug-likeness (QED) is 0.692. The summed E-state index contributed by atoms with van der Waals surface area (Å²) in [5.74, 6) is 0.759. The lowest BCUT2D eigenvalue weighted by Crippen LogP contribution is -2.26. The van der Waals surface area contributed by atoms with Gasteiger partial charge in [-0.1, -0.05) is 12.1 Å². The second-order valence-electron chi connectivity index (χ2n) is 4.52. The number of benzene rings is 1. The largest absolute Gasteiger partial charge is 0.289 e. The normalized spacial score (nSPS) is 11.1. The van der Waals surface area contributed by atoms with Crippen LogP contribution in [-0.4, -0.2) is 19.3 Å². The fourth-order valence-corrected chi connectivity index (χ4v) is 2.40. The summed E-state index contributed by atoms with van der Waals surface area (Å²) in [5, 5.41) is 4.71. The predicted molar refractivity (Wildman–Crippen MR) is 77.9 cm³/mol. The highest BCUT2D eigenvalue weighted by molar-refractivity contribution is 6.16. The van der Waals surface area contributed by atoms with Crippen molar-refractivity contribution in [2.45, 2.75) is 12.4 Å². The van der Waals surface area contributed by atoms with E-state index in [4.69, 9.17) is 11.6 Å². The number of fused-ring (bicyclic) bond motifs is 1. The van der Waals surface area contributed by atoms with Gasteiger partial charge < -0.3 is 0 Å². The zero-order valence-corrected chi connectivity index (χ0v) is 11.7. The molecule has 6 heteroatoms. The number of para-hydroxylation sites is 1. The summed E-state index contributed by atoms with van der Waals surface area (Å²) in [6.45, 7) is 0.412. The number of hydrogen-bond acceptors (Lipinski definition) is 3. The molecule has 5 nitrogen and oxygen atoms in total. The third-order valence-electron chi connectivity index (χ3n) is 3.30. The molecule has 0 radical (unpaired) electrons. The third-order valence-corrected chi connectivity index (χ3v) is 3.54. The summed E-state index contributed by atoms with van der Waals surface area (Å²) in [5.41, 5.74) is 1.53. The molecule has 0 aliphatic heterocycles. The maximum atomic E-state index is 12.6. The average molecular weight is 289 g/mol. The number of rotatable bonds is 3. The summed E-state index contributed by atoms with van der Waals surface area (Å²) in [7, 11) is 1.84. The van der Waals surface area contributed by atoms with Crippen molar-refractivity contribution in [3.63, 3.8) is 0 Å². The van der Waals surface area contributed by atoms with Crippen molar-refractivity contribution < 1.29 is 0 Å². The lowest BCUT2D eigenvalue weighted by Gasteiger charge is -2.11. The molecule has 1 aromatic carbocycles. The minimum Gasteiger partial charge on any atom is -0.289 e. The van der Waals surface area contributed by atoms with Gasteiger partial charge in [-0.2, -0.15) is 5.10 Å². The Morgan fingerprint density at radius 1 is 1.25 bits per heavy atom. The van der Waals surface area contributed by atoms with Gasteiger partial charge in [-0.15, -0.1) is 11.6 Å². The van der Waals surface area contributed by atoms with Crippen molar-refractivity contribution in [2.75, 3.05) is 0 Å². The molecule has 102 valence electrons. The zero-order valence-electron chi connectivity index (χ0n) is 11.0. The molecule has 2 aromatic heterocycles. The molecule has 0 atom stereocenters. The van der Waals surface area contributed by atoms with Gasteiger partial charge >= 0.3 is 0 Å². The van der Waals surface area contributed by atoms with Crippen molar-refractivity contribution in [2.24, 2.45) is 7.05 Å². The molecule has 0 fully saturated rings. The van der Waals surface area contributed by atoms with Crippen molar-refractivity contribution in [1.82, 2.24) is 19.3 Å². The van der Waals surface area contributed by atoms with Crippen LogP contribution in [0.5, 0.6) is 0 Å². The van der Waals surface area contributed by atoms with Crippen LogP contribution in [0.15, 0.2) is 41.3 Å². The van der Waals surface area contributed by atoms with Crippen LogP contribution >= 0.6 is 11.6 Å². The predicted octanol–water partition coefficient (Wildman–Crippen LogP) is 1.92. The van der Waals surface area contributed by atoms with Crippen LogP contribution < -0.4 is 5.56 Å². The summed E-state index contributed by atoms with van der Waals surface area (Å²) >= 11 is 5.94. The standard InChI is InChI=1S/C14H13ClN4O/c1-18-10(6-7-16-18)9-19-13(8-15)17-12-5-3-2-4-11(12)14(19)20/h2-7H,8-9H2,1H3. The summed E-state index contributed by atoms with van der Waals surface area (Å²) in [6, 6.07) is 9.17. The minimum atomic E-state index is -0.0764. The van der Waals surface area contributed by atoms with Crippen LogP contribution in [0.25, 0.3) is 10.9 Å². The Balaban J connectivity index is 2.21. The van der Waals surface area contributed by atoms with Crippen molar-refractivity contribution in [1.29, 1.82) is 0 Å². The zero-order chi connectivity index (χ0) is 14.1. The Morgan fingerprint density at radius 3 is 2.75 bits per heavy atom. The van der Waals surface area contributed by atoms with E-state index in [1.165, 1.54) is 0 Å². The van der Waals surface area contributed by atoms with Crippen LogP contribution in [0.2, 0.25) is 0 Å². The molecule has 0 amide bonds. The summed E-state index contributed by atoms with van der Waals surface area (Å²) < 4.78 is 3.34. The maximum Gasteiger partial charge on any atom is 0.261 e. The van der Waals surface area contributed by atoms with E-state index in [9.17, 15) is 4.79 Å². The molecule has 0 spiro atoms. The fourth-order valence-electron chi connectivity index (χ4n) is 2.20. The highest BCUT2D eigenvalue weighted by Crippen LogP contribution is 2.11. The van der Waals surface area contributed by atoms with E-state index in [0.29, 0.717) is 23.3 Å². The van der Waals surface area contributed by atoms with Gasteiger partial charge in [-0.05, 0) is 18.2 Å². The van der Waals surface area contributed by atoms with Gasteiger partial charge in [0, 0.05) is 13.2 Å². The molecular formula is C14H13ClN4O. The molecule has 0 aliphatic rings. The van der Waals surface area contributed by atoms with Gasteiger partial charge in [0.2, 0.25) is 0 Å². The van der Waals surface area contributed by atoms with E-state index in [2.05, 4.69) is 10.1 Å². The van der Waals surface area contributed by atoms with Crippen LogP contribution in [0.4, 0.5) is 0 Å². The first kappa shape index (κ1) is 12.9. The minimum absolute atomic E-state index is 0.0764. The van der Waals surface area contributed by atoms with Crippen LogP contribution in [0, 0.1) is 0 Å². The molecule has 2 heterocycles. The molecule has 20 heavy (non-hydrogen) atoms. The van der Waals surface area contributed by atoms with E-state index >= 15 is 0 Å². The molecule has 0 bridgehead atoms. The first-order valence-electron chi connectivity index (χ1n) is 6.22. The van der Waals surface area contributed by atoms with E-state index < -0.39 is 0 Å². The number of nitrogens with zero attached hydrogens (tertiary/aromatic N) is 4. The summed E-state index contributed by atoms with van der Waals surface area (Å²) in [6.07, 6.45) is 1.70. The lowest BCUT2D eigenvalue weighted by molar-refractivity contribution is 0.633. The molecule has 3 aromatic rings. The van der Waals surface area contributed by atoms with Gasteiger partial charge in [0.25, 0.3) is 5.56 Å². The smallest absolute Gasteiger partial charge is 0.261 e. The van der Waals surface area contributed by atoms with E-state index in [0.717, 1.165) is 5.69 Å². The Bertz CT molecular complexity index is 821. The summed E-state index contributed by atoms with van der Waals surface area (Å²) in [4.78, 5) is 17.0. The number of aryl methyl sites for hydroxylation is 1. The number of alkyl halides is 1. The number of aromatic nitrogens is 4. The Labute approximate surface area is 120 Å². The van der Waals surface area contributed by atoms with E-state index in [1.54, 1.807) is 21.5 Å². The second kappa shape index (κ2) is 5.09. The van der Waals surface area contributed by atoms with Gasteiger partial charge in [0.05, 0.1) is 29.0 Å². The molecule has 3 rings (SSSR count). The molecular weight excluding hydrogens is 276 g/mol. The van der Waals surface area contributed by atoms with E-state index in [-0.39, 0.29) is 11.4 Å². The Kier molecular flexibility index (Phi) is 3.28. The Morgan fingerprint density at radius 2 is 2.05 bits per heavy atom.